The summed E-state index contributed by atoms with van der Waals surface area (Å²) >= 11 is 0. The average Bonchev–Trinajstić information content (AvgIpc) is 3.48. The van der Waals surface area contributed by atoms with Crippen LogP contribution in [-0.2, 0) is 0 Å². The maximum Gasteiger partial charge on any atom is 0.252 e. The molecule has 0 bridgehead atoms. The fraction of sp³-hybridized carbons (Fsp3) is 0.391. The molecule has 5 rings (SSSR count). The van der Waals surface area contributed by atoms with Gasteiger partial charge in [0.05, 0.1) is 29.2 Å². The number of carbonyl (C=O) groups is 1. The number of hydrogen-bond acceptors (Lipinski definition) is 10. The fourth-order valence-corrected chi connectivity index (χ4v) is 4.70. The van der Waals surface area contributed by atoms with Crippen molar-refractivity contribution in [3.8, 4) is 5.82 Å². The Balaban J connectivity index is 1.27. The lowest BCUT2D eigenvalue weighted by Gasteiger charge is -2.41. The number of hydrazone groups is 1. The Bertz CT molecular complexity index is 1300. The second-order valence-electron chi connectivity index (χ2n) is 8.77. The van der Waals surface area contributed by atoms with Crippen molar-refractivity contribution >= 4 is 18.1 Å². The van der Waals surface area contributed by atoms with E-state index in [1.807, 2.05) is 9.80 Å². The van der Waals surface area contributed by atoms with Gasteiger partial charge in [-0.05, 0) is 25.5 Å². The summed E-state index contributed by atoms with van der Waals surface area (Å²) in [4.78, 5) is 28.7. The van der Waals surface area contributed by atoms with E-state index in [9.17, 15) is 14.3 Å². The number of halogens is 1. The van der Waals surface area contributed by atoms with E-state index in [0.717, 1.165) is 6.20 Å². The Labute approximate surface area is 206 Å². The zero-order valence-electron chi connectivity index (χ0n) is 20.0. The molecule has 0 saturated carbocycles. The van der Waals surface area contributed by atoms with Crippen molar-refractivity contribution < 1.29 is 14.3 Å². The van der Waals surface area contributed by atoms with Crippen molar-refractivity contribution in [2.45, 2.75) is 32.7 Å². The van der Waals surface area contributed by atoms with Gasteiger partial charge in [0.25, 0.3) is 5.91 Å². The van der Waals surface area contributed by atoms with Crippen molar-refractivity contribution in [1.82, 2.24) is 34.6 Å². The maximum absolute atomic E-state index is 13.7. The smallest absolute Gasteiger partial charge is 0.252 e. The number of aromatic nitrogens is 5. The summed E-state index contributed by atoms with van der Waals surface area (Å²) < 4.78 is 15.3. The van der Waals surface area contributed by atoms with E-state index >= 15 is 0 Å². The van der Waals surface area contributed by atoms with Gasteiger partial charge < -0.3 is 15.7 Å². The number of nitrogens with zero attached hydrogens (tertiary/aromatic N) is 9. The number of aliphatic hydroxyl groups is 1. The molecule has 36 heavy (non-hydrogen) atoms. The number of anilines is 1. The molecule has 0 radical (unpaired) electrons. The highest BCUT2D eigenvalue weighted by Crippen LogP contribution is 2.30. The van der Waals surface area contributed by atoms with E-state index in [1.165, 1.54) is 6.07 Å². The summed E-state index contributed by atoms with van der Waals surface area (Å²) in [6.45, 7) is 5.75. The molecule has 1 unspecified atom stereocenters. The number of pyridine rings is 1. The molecule has 188 valence electrons. The van der Waals surface area contributed by atoms with Crippen LogP contribution in [0.5, 0.6) is 0 Å². The van der Waals surface area contributed by atoms with Crippen LogP contribution in [0, 0.1) is 19.7 Å². The van der Waals surface area contributed by atoms with E-state index < -0.39 is 18.1 Å². The van der Waals surface area contributed by atoms with E-state index in [2.05, 4.69) is 25.2 Å². The molecule has 2 aliphatic rings. The van der Waals surface area contributed by atoms with Crippen molar-refractivity contribution in [1.29, 1.82) is 0 Å². The van der Waals surface area contributed by atoms with Crippen LogP contribution in [0.2, 0.25) is 0 Å². The molecule has 5 heterocycles. The lowest BCUT2D eigenvalue weighted by Crippen LogP contribution is -2.55. The van der Waals surface area contributed by atoms with Crippen LogP contribution in [0.1, 0.15) is 39.8 Å². The van der Waals surface area contributed by atoms with Gasteiger partial charge in [0, 0.05) is 57.3 Å². The molecule has 1 fully saturated rings. The maximum atomic E-state index is 13.7. The van der Waals surface area contributed by atoms with Gasteiger partial charge in [-0.3, -0.25) is 14.7 Å². The molecule has 1 amide bonds. The van der Waals surface area contributed by atoms with Gasteiger partial charge in [0.15, 0.2) is 5.82 Å². The van der Waals surface area contributed by atoms with Gasteiger partial charge in [0.2, 0.25) is 12.3 Å². The van der Waals surface area contributed by atoms with Gasteiger partial charge >= 0.3 is 0 Å². The molecule has 1 saturated heterocycles. The Morgan fingerprint density at radius 2 is 2.00 bits per heavy atom. The number of aryl methyl sites for hydroxylation is 1. The largest absolute Gasteiger partial charge is 0.365 e. The molecular formula is C23H27FN10O2. The minimum Gasteiger partial charge on any atom is -0.365 e. The summed E-state index contributed by atoms with van der Waals surface area (Å²) in [6.07, 6.45) is 5.72. The third-order valence-corrected chi connectivity index (χ3v) is 6.52. The van der Waals surface area contributed by atoms with Crippen LogP contribution < -0.4 is 10.6 Å². The topological polar surface area (TPSA) is 142 Å². The number of amides is 1. The average molecular weight is 495 g/mol. The van der Waals surface area contributed by atoms with Crippen molar-refractivity contribution in [3.63, 3.8) is 0 Å². The monoisotopic (exact) mass is 494 g/mol. The zero-order valence-corrected chi connectivity index (χ0v) is 20.0. The third kappa shape index (κ3) is 4.38. The second-order valence-corrected chi connectivity index (χ2v) is 8.77. The van der Waals surface area contributed by atoms with Crippen molar-refractivity contribution in [2.75, 3.05) is 31.1 Å². The Kier molecular flexibility index (Phi) is 6.33. The number of primary amides is 1. The molecule has 0 spiro atoms. The minimum absolute atomic E-state index is 0.285. The summed E-state index contributed by atoms with van der Waals surface area (Å²) in [7, 11) is 0. The van der Waals surface area contributed by atoms with Crippen LogP contribution in [0.3, 0.4) is 0 Å². The normalized spacial score (nSPS) is 19.2. The Morgan fingerprint density at radius 3 is 2.69 bits per heavy atom. The SMILES string of the molecule is Cc1nn(-c2ccnc(N3CCN(C(O)N4N=CC[C@H]4c4cncc(F)c4)CC3)n2)c(C)c1C(N)=O. The van der Waals surface area contributed by atoms with E-state index in [4.69, 9.17) is 5.73 Å². The van der Waals surface area contributed by atoms with E-state index in [1.54, 1.807) is 48.2 Å². The predicted molar refractivity (Wildman–Crippen MR) is 129 cm³/mol. The van der Waals surface area contributed by atoms with Crippen LogP contribution in [0.25, 0.3) is 5.82 Å². The molecule has 0 aliphatic carbocycles. The zero-order chi connectivity index (χ0) is 25.4. The predicted octanol–water partition coefficient (Wildman–Crippen LogP) is 0.743. The molecule has 13 heteroatoms. The van der Waals surface area contributed by atoms with E-state index in [-0.39, 0.29) is 6.04 Å². The molecule has 3 aromatic heterocycles. The molecule has 2 aliphatic heterocycles. The Morgan fingerprint density at radius 1 is 1.22 bits per heavy atom. The summed E-state index contributed by atoms with van der Waals surface area (Å²) in [5.74, 6) is 0.112. The molecular weight excluding hydrogens is 467 g/mol. The standard InChI is InChI=1S/C23H27FN10O2/c1-14-20(21(25)35)15(2)33(30-14)19-4-5-27-22(29-19)31-7-9-32(10-8-31)23(36)34-18(3-6-28-34)16-11-17(24)13-26-12-16/h4-6,11-13,18,23,36H,3,7-10H2,1-2H3,(H2,25,35)/t18-,23?/m0/s1. The van der Waals surface area contributed by atoms with E-state index in [0.29, 0.717) is 66.9 Å². The molecule has 3 aromatic rings. The molecule has 12 nitrogen and oxygen atoms in total. The van der Waals surface area contributed by atoms with Gasteiger partial charge in [-0.25, -0.2) is 19.1 Å². The van der Waals surface area contributed by atoms with Crippen molar-refractivity contribution in [3.05, 3.63) is 59.1 Å². The van der Waals surface area contributed by atoms with Crippen LogP contribution in [-0.4, -0.2) is 84.4 Å². The highest BCUT2D eigenvalue weighted by atomic mass is 19.1. The lowest BCUT2D eigenvalue weighted by atomic mass is 10.1. The lowest BCUT2D eigenvalue weighted by molar-refractivity contribution is -0.126. The summed E-state index contributed by atoms with van der Waals surface area (Å²) in [5.41, 5.74) is 7.70. The van der Waals surface area contributed by atoms with Crippen LogP contribution >= 0.6 is 0 Å². The number of nitrogens with two attached hydrogens (primary N) is 1. The van der Waals surface area contributed by atoms with Gasteiger partial charge in [-0.2, -0.15) is 15.2 Å². The van der Waals surface area contributed by atoms with Gasteiger partial charge in [-0.15, -0.1) is 0 Å². The molecule has 0 aromatic carbocycles. The van der Waals surface area contributed by atoms with Gasteiger partial charge in [-0.1, -0.05) is 0 Å². The van der Waals surface area contributed by atoms with Gasteiger partial charge in [0.1, 0.15) is 5.82 Å². The third-order valence-electron chi connectivity index (χ3n) is 6.52. The summed E-state index contributed by atoms with van der Waals surface area (Å²) in [6, 6.07) is 2.86. The Hall–Kier alpha value is -3.97. The highest BCUT2D eigenvalue weighted by molar-refractivity contribution is 5.95. The first kappa shape index (κ1) is 23.8. The summed E-state index contributed by atoms with van der Waals surface area (Å²) in [5, 5.41) is 21.4. The first-order valence-corrected chi connectivity index (χ1v) is 11.6. The number of rotatable bonds is 6. The fourth-order valence-electron chi connectivity index (χ4n) is 4.70. The first-order valence-electron chi connectivity index (χ1n) is 11.6. The quantitative estimate of drug-likeness (QED) is 0.507. The first-order chi connectivity index (χ1) is 17.3. The highest BCUT2D eigenvalue weighted by Gasteiger charge is 2.34. The molecule has 2 atom stereocenters. The number of carbonyl (C=O) groups excluding carboxylic acids is 1. The van der Waals surface area contributed by atoms with Crippen LogP contribution in [0.15, 0.2) is 35.8 Å². The minimum atomic E-state index is -0.965. The van der Waals surface area contributed by atoms with Crippen LogP contribution in [0.4, 0.5) is 10.3 Å². The number of aliphatic hydroxyl groups excluding tert-OH is 1. The number of piperazine rings is 1. The second kappa shape index (κ2) is 9.59. The molecule has 3 N–H and O–H groups in total. The number of hydrogen-bond donors (Lipinski definition) is 2. The van der Waals surface area contributed by atoms with Crippen molar-refractivity contribution in [2.24, 2.45) is 10.8 Å².